The van der Waals surface area contributed by atoms with Crippen molar-refractivity contribution in [3.05, 3.63) is 52.9 Å². The van der Waals surface area contributed by atoms with Crippen molar-refractivity contribution >= 4 is 5.91 Å². The van der Waals surface area contributed by atoms with Gasteiger partial charge in [-0.2, -0.15) is 5.10 Å². The SMILES string of the molecule is COCCN(Cc1cnn(C)c1)C(=O)c1c(F)ccc(C)c1F. The fourth-order valence-electron chi connectivity index (χ4n) is 2.24. The molecular weight excluding hydrogens is 304 g/mol. The van der Waals surface area contributed by atoms with E-state index in [0.717, 1.165) is 11.6 Å². The summed E-state index contributed by atoms with van der Waals surface area (Å²) in [5, 5.41) is 4.03. The quantitative estimate of drug-likeness (QED) is 0.819. The molecular formula is C16H19F2N3O2. The van der Waals surface area contributed by atoms with Crippen LogP contribution in [-0.4, -0.2) is 40.8 Å². The van der Waals surface area contributed by atoms with Gasteiger partial charge in [-0.1, -0.05) is 6.07 Å². The van der Waals surface area contributed by atoms with Crippen LogP contribution in [0.4, 0.5) is 8.78 Å². The van der Waals surface area contributed by atoms with E-state index in [-0.39, 0.29) is 25.3 Å². The number of carbonyl (C=O) groups is 1. The van der Waals surface area contributed by atoms with Crippen LogP contribution in [0.2, 0.25) is 0 Å². The van der Waals surface area contributed by atoms with Crippen LogP contribution >= 0.6 is 0 Å². The molecule has 5 nitrogen and oxygen atoms in total. The summed E-state index contributed by atoms with van der Waals surface area (Å²) < 4.78 is 34.8. The minimum Gasteiger partial charge on any atom is -0.383 e. The highest BCUT2D eigenvalue weighted by atomic mass is 19.1. The minimum absolute atomic E-state index is 0.197. The summed E-state index contributed by atoms with van der Waals surface area (Å²) in [6, 6.07) is 2.41. The second kappa shape index (κ2) is 7.32. The maximum absolute atomic E-state index is 14.2. The molecule has 0 saturated heterocycles. The predicted octanol–water partition coefficient (Wildman–Crippen LogP) is 2.30. The average Bonchev–Trinajstić information content (AvgIpc) is 2.92. The highest BCUT2D eigenvalue weighted by Gasteiger charge is 2.24. The summed E-state index contributed by atoms with van der Waals surface area (Å²) in [5.74, 6) is -2.40. The molecule has 1 aromatic carbocycles. The van der Waals surface area contributed by atoms with Crippen LogP contribution in [0.3, 0.4) is 0 Å². The van der Waals surface area contributed by atoms with Crippen LogP contribution in [0, 0.1) is 18.6 Å². The van der Waals surface area contributed by atoms with Crippen LogP contribution in [0.5, 0.6) is 0 Å². The third-order valence-corrected chi connectivity index (χ3v) is 3.48. The smallest absolute Gasteiger partial charge is 0.260 e. The van der Waals surface area contributed by atoms with Gasteiger partial charge in [0.15, 0.2) is 0 Å². The van der Waals surface area contributed by atoms with Gasteiger partial charge in [0.25, 0.3) is 5.91 Å². The molecule has 0 fully saturated rings. The molecule has 0 N–H and O–H groups in total. The lowest BCUT2D eigenvalue weighted by atomic mass is 10.1. The Bertz CT molecular complexity index is 701. The van der Waals surface area contributed by atoms with Gasteiger partial charge in [0, 0.05) is 39.0 Å². The Morgan fingerprint density at radius 2 is 2.13 bits per heavy atom. The van der Waals surface area contributed by atoms with E-state index in [1.165, 1.54) is 25.0 Å². The average molecular weight is 323 g/mol. The molecule has 0 bridgehead atoms. The normalized spacial score (nSPS) is 10.8. The highest BCUT2D eigenvalue weighted by Crippen LogP contribution is 2.19. The minimum atomic E-state index is -0.869. The molecule has 1 aromatic heterocycles. The van der Waals surface area contributed by atoms with E-state index >= 15 is 0 Å². The first-order chi connectivity index (χ1) is 10.9. The first kappa shape index (κ1) is 17.1. The molecule has 1 heterocycles. The lowest BCUT2D eigenvalue weighted by molar-refractivity contribution is 0.0670. The van der Waals surface area contributed by atoms with Crippen LogP contribution in [0.25, 0.3) is 0 Å². The van der Waals surface area contributed by atoms with Crippen molar-refractivity contribution in [3.8, 4) is 0 Å². The Morgan fingerprint density at radius 1 is 1.39 bits per heavy atom. The molecule has 0 atom stereocenters. The van der Waals surface area contributed by atoms with Crippen molar-refractivity contribution in [2.45, 2.75) is 13.5 Å². The maximum atomic E-state index is 14.2. The van der Waals surface area contributed by atoms with Crippen LogP contribution in [0.15, 0.2) is 24.5 Å². The van der Waals surface area contributed by atoms with Gasteiger partial charge in [-0.3, -0.25) is 9.48 Å². The van der Waals surface area contributed by atoms with Crippen molar-refractivity contribution < 1.29 is 18.3 Å². The molecule has 0 unspecified atom stereocenters. The van der Waals surface area contributed by atoms with Gasteiger partial charge in [0.2, 0.25) is 0 Å². The molecule has 2 aromatic rings. The lowest BCUT2D eigenvalue weighted by Gasteiger charge is -2.22. The molecule has 2 rings (SSSR count). The Morgan fingerprint density at radius 3 is 2.74 bits per heavy atom. The van der Waals surface area contributed by atoms with Crippen LogP contribution in [0.1, 0.15) is 21.5 Å². The highest BCUT2D eigenvalue weighted by molar-refractivity contribution is 5.95. The second-order valence-corrected chi connectivity index (χ2v) is 5.30. The number of aryl methyl sites for hydroxylation is 2. The van der Waals surface area contributed by atoms with Crippen molar-refractivity contribution in [3.63, 3.8) is 0 Å². The molecule has 0 radical (unpaired) electrons. The van der Waals surface area contributed by atoms with Crippen molar-refractivity contribution in [1.82, 2.24) is 14.7 Å². The fraction of sp³-hybridized carbons (Fsp3) is 0.375. The number of nitrogens with zero attached hydrogens (tertiary/aromatic N) is 3. The zero-order valence-corrected chi connectivity index (χ0v) is 13.3. The van der Waals surface area contributed by atoms with E-state index < -0.39 is 23.1 Å². The number of ether oxygens (including phenoxy) is 1. The molecule has 0 spiro atoms. The third kappa shape index (κ3) is 3.92. The topological polar surface area (TPSA) is 47.4 Å². The van der Waals surface area contributed by atoms with Crippen LogP contribution in [-0.2, 0) is 18.3 Å². The van der Waals surface area contributed by atoms with E-state index in [1.807, 2.05) is 0 Å². The molecule has 124 valence electrons. The monoisotopic (exact) mass is 323 g/mol. The Kier molecular flexibility index (Phi) is 5.44. The number of hydrogen-bond donors (Lipinski definition) is 0. The van der Waals surface area contributed by atoms with E-state index in [2.05, 4.69) is 5.10 Å². The van der Waals surface area contributed by atoms with Gasteiger partial charge in [-0.15, -0.1) is 0 Å². The van der Waals surface area contributed by atoms with E-state index in [1.54, 1.807) is 24.1 Å². The maximum Gasteiger partial charge on any atom is 0.260 e. The summed E-state index contributed by atoms with van der Waals surface area (Å²) in [5.41, 5.74) is 0.457. The van der Waals surface area contributed by atoms with E-state index in [9.17, 15) is 13.6 Å². The van der Waals surface area contributed by atoms with Crippen molar-refractivity contribution in [2.75, 3.05) is 20.3 Å². The number of carbonyl (C=O) groups excluding carboxylic acids is 1. The van der Waals surface area contributed by atoms with Crippen molar-refractivity contribution in [1.29, 1.82) is 0 Å². The Hall–Kier alpha value is -2.28. The molecule has 0 saturated carbocycles. The summed E-state index contributed by atoms with van der Waals surface area (Å²) in [7, 11) is 3.26. The number of aromatic nitrogens is 2. The zero-order chi connectivity index (χ0) is 17.0. The first-order valence-corrected chi connectivity index (χ1v) is 7.14. The second-order valence-electron chi connectivity index (χ2n) is 5.30. The fourth-order valence-corrected chi connectivity index (χ4v) is 2.24. The molecule has 23 heavy (non-hydrogen) atoms. The third-order valence-electron chi connectivity index (χ3n) is 3.48. The van der Waals surface area contributed by atoms with Gasteiger partial charge in [-0.25, -0.2) is 8.78 Å². The van der Waals surface area contributed by atoms with E-state index in [4.69, 9.17) is 4.74 Å². The summed E-state index contributed by atoms with van der Waals surface area (Å²) in [6.07, 6.45) is 3.35. The standard InChI is InChI=1S/C16H19F2N3O2/c1-11-4-5-13(17)14(15(11)18)16(22)21(6-7-23-3)10-12-8-19-20(2)9-12/h4-5,8-9H,6-7,10H2,1-3H3. The molecule has 7 heteroatoms. The van der Waals surface area contributed by atoms with Gasteiger partial charge in [0.1, 0.15) is 17.2 Å². The van der Waals surface area contributed by atoms with Crippen molar-refractivity contribution in [2.24, 2.45) is 7.05 Å². The Labute approximate surface area is 133 Å². The number of benzene rings is 1. The summed E-state index contributed by atoms with van der Waals surface area (Å²) in [6.45, 7) is 2.17. The molecule has 0 aliphatic rings. The van der Waals surface area contributed by atoms with Crippen LogP contribution < -0.4 is 0 Å². The number of rotatable bonds is 6. The Balaban J connectivity index is 2.31. The molecule has 0 aliphatic heterocycles. The van der Waals surface area contributed by atoms with Gasteiger partial charge in [0.05, 0.1) is 12.8 Å². The lowest BCUT2D eigenvalue weighted by Crippen LogP contribution is -2.34. The van der Waals surface area contributed by atoms with Gasteiger partial charge < -0.3 is 9.64 Å². The zero-order valence-electron chi connectivity index (χ0n) is 13.3. The largest absolute Gasteiger partial charge is 0.383 e. The molecule has 0 aliphatic carbocycles. The van der Waals surface area contributed by atoms with Gasteiger partial charge >= 0.3 is 0 Å². The number of halogens is 2. The van der Waals surface area contributed by atoms with Gasteiger partial charge in [-0.05, 0) is 18.6 Å². The molecule has 1 amide bonds. The number of methoxy groups -OCH3 is 1. The number of amides is 1. The summed E-state index contributed by atoms with van der Waals surface area (Å²) >= 11 is 0. The summed E-state index contributed by atoms with van der Waals surface area (Å²) in [4.78, 5) is 14.0. The number of hydrogen-bond acceptors (Lipinski definition) is 3. The first-order valence-electron chi connectivity index (χ1n) is 7.14. The van der Waals surface area contributed by atoms with E-state index in [0.29, 0.717) is 0 Å². The predicted molar refractivity (Wildman–Crippen MR) is 80.9 cm³/mol.